The lowest BCUT2D eigenvalue weighted by atomic mass is 10.0. The van der Waals surface area contributed by atoms with E-state index < -0.39 is 0 Å². The molecule has 0 radical (unpaired) electrons. The molecule has 0 aliphatic carbocycles. The van der Waals surface area contributed by atoms with Crippen molar-refractivity contribution in [2.45, 2.75) is 25.9 Å². The number of aromatic amines is 1. The Morgan fingerprint density at radius 1 is 1.29 bits per heavy atom. The molecule has 0 bridgehead atoms. The summed E-state index contributed by atoms with van der Waals surface area (Å²) in [7, 11) is 0. The average molecular weight is 300 g/mol. The molecule has 5 heteroatoms. The zero-order valence-electron chi connectivity index (χ0n) is 12.3. The smallest absolute Gasteiger partial charge is 0.170 e. The van der Waals surface area contributed by atoms with E-state index >= 15 is 0 Å². The van der Waals surface area contributed by atoms with Crippen molar-refractivity contribution < 1.29 is 0 Å². The highest BCUT2D eigenvalue weighted by molar-refractivity contribution is 7.80. The van der Waals surface area contributed by atoms with Crippen LogP contribution in [0.15, 0.2) is 42.7 Å². The van der Waals surface area contributed by atoms with Gasteiger partial charge in [-0.3, -0.25) is 4.98 Å². The molecular formula is C16H20N4S. The summed E-state index contributed by atoms with van der Waals surface area (Å²) in [5, 5.41) is 4.24. The number of thiocarbonyl (C=S) groups is 1. The van der Waals surface area contributed by atoms with Crippen molar-refractivity contribution in [3.05, 3.63) is 54.1 Å². The van der Waals surface area contributed by atoms with Crippen molar-refractivity contribution in [2.24, 2.45) is 5.92 Å². The topological polar surface area (TPSA) is 44.0 Å². The van der Waals surface area contributed by atoms with Crippen LogP contribution in [0.1, 0.15) is 37.3 Å². The molecule has 4 nitrogen and oxygen atoms in total. The standard InChI is InChI=1S/C16H20N4S/c1-11(2)10-20-15(13-7-5-9-18-13)14(19-16(20)21)12-6-3-4-8-17-12/h3-9,11,14-15,18H,10H2,1-2H3,(H,19,21). The maximum Gasteiger partial charge on any atom is 0.170 e. The minimum Gasteiger partial charge on any atom is -0.363 e. The summed E-state index contributed by atoms with van der Waals surface area (Å²) >= 11 is 5.56. The maximum atomic E-state index is 5.56. The Bertz CT molecular complexity index is 594. The minimum atomic E-state index is 0.0797. The van der Waals surface area contributed by atoms with Gasteiger partial charge in [-0.25, -0.2) is 0 Å². The van der Waals surface area contributed by atoms with Gasteiger partial charge in [-0.2, -0.15) is 0 Å². The van der Waals surface area contributed by atoms with Crippen LogP contribution in [0.2, 0.25) is 0 Å². The summed E-state index contributed by atoms with van der Waals surface area (Å²) in [6.45, 7) is 5.35. The molecule has 3 heterocycles. The summed E-state index contributed by atoms with van der Waals surface area (Å²) < 4.78 is 0. The fourth-order valence-corrected chi connectivity index (χ4v) is 3.18. The highest BCUT2D eigenvalue weighted by Gasteiger charge is 2.40. The van der Waals surface area contributed by atoms with Crippen molar-refractivity contribution >= 4 is 17.3 Å². The van der Waals surface area contributed by atoms with E-state index in [1.165, 1.54) is 5.69 Å². The molecule has 0 amide bonds. The van der Waals surface area contributed by atoms with Gasteiger partial charge < -0.3 is 15.2 Å². The molecule has 2 unspecified atom stereocenters. The molecule has 0 aromatic carbocycles. The van der Waals surface area contributed by atoms with Gasteiger partial charge in [0, 0.05) is 24.6 Å². The fourth-order valence-electron chi connectivity index (χ4n) is 2.86. The van der Waals surface area contributed by atoms with Crippen molar-refractivity contribution in [3.63, 3.8) is 0 Å². The van der Waals surface area contributed by atoms with Crippen molar-refractivity contribution in [2.75, 3.05) is 6.54 Å². The zero-order chi connectivity index (χ0) is 14.8. The number of pyridine rings is 1. The van der Waals surface area contributed by atoms with E-state index in [4.69, 9.17) is 12.2 Å². The van der Waals surface area contributed by atoms with E-state index in [1.54, 1.807) is 0 Å². The molecular weight excluding hydrogens is 280 g/mol. The number of nitrogens with one attached hydrogen (secondary N) is 2. The second kappa shape index (κ2) is 5.85. The Kier molecular flexibility index (Phi) is 3.92. The number of H-pyrrole nitrogens is 1. The monoisotopic (exact) mass is 300 g/mol. The minimum absolute atomic E-state index is 0.0797. The lowest BCUT2D eigenvalue weighted by Gasteiger charge is -2.28. The molecule has 2 aromatic heterocycles. The molecule has 0 saturated carbocycles. The first-order valence-corrected chi connectivity index (χ1v) is 7.69. The van der Waals surface area contributed by atoms with Crippen LogP contribution in [0, 0.1) is 5.92 Å². The van der Waals surface area contributed by atoms with Gasteiger partial charge in [-0.05, 0) is 42.4 Å². The lowest BCUT2D eigenvalue weighted by molar-refractivity contribution is 0.283. The Labute approximate surface area is 130 Å². The van der Waals surface area contributed by atoms with Gasteiger partial charge in [0.2, 0.25) is 0 Å². The molecule has 2 atom stereocenters. The number of rotatable bonds is 4. The number of aromatic nitrogens is 2. The quantitative estimate of drug-likeness (QED) is 0.852. The molecule has 0 spiro atoms. The summed E-state index contributed by atoms with van der Waals surface area (Å²) in [6.07, 6.45) is 3.79. The van der Waals surface area contributed by atoms with E-state index in [2.05, 4.69) is 46.2 Å². The van der Waals surface area contributed by atoms with Gasteiger partial charge >= 0.3 is 0 Å². The first kappa shape index (κ1) is 14.1. The maximum absolute atomic E-state index is 5.56. The van der Waals surface area contributed by atoms with E-state index in [-0.39, 0.29) is 12.1 Å². The normalized spacial score (nSPS) is 21.9. The first-order chi connectivity index (χ1) is 10.2. The Morgan fingerprint density at radius 3 is 2.76 bits per heavy atom. The SMILES string of the molecule is CC(C)CN1C(=S)NC(c2ccccn2)C1c1ccc[nH]1. The highest BCUT2D eigenvalue weighted by atomic mass is 32.1. The number of hydrogen-bond acceptors (Lipinski definition) is 2. The largest absolute Gasteiger partial charge is 0.363 e. The molecule has 1 fully saturated rings. The summed E-state index contributed by atoms with van der Waals surface area (Å²) in [6, 6.07) is 10.4. The van der Waals surface area contributed by atoms with Gasteiger partial charge in [0.25, 0.3) is 0 Å². The van der Waals surface area contributed by atoms with Gasteiger partial charge in [0.1, 0.15) is 0 Å². The Morgan fingerprint density at radius 2 is 2.14 bits per heavy atom. The van der Waals surface area contributed by atoms with Gasteiger partial charge in [0.15, 0.2) is 5.11 Å². The van der Waals surface area contributed by atoms with Crippen LogP contribution in [-0.2, 0) is 0 Å². The molecule has 1 aliphatic heterocycles. The second-order valence-electron chi connectivity index (χ2n) is 5.80. The van der Waals surface area contributed by atoms with Crippen molar-refractivity contribution in [1.29, 1.82) is 0 Å². The highest BCUT2D eigenvalue weighted by Crippen LogP contribution is 2.37. The summed E-state index contributed by atoms with van der Waals surface area (Å²) in [4.78, 5) is 10.1. The first-order valence-electron chi connectivity index (χ1n) is 7.28. The Hall–Kier alpha value is -1.88. The van der Waals surface area contributed by atoms with Crippen molar-refractivity contribution in [1.82, 2.24) is 20.2 Å². The molecule has 2 N–H and O–H groups in total. The molecule has 3 rings (SSSR count). The van der Waals surface area contributed by atoms with Gasteiger partial charge in [-0.1, -0.05) is 19.9 Å². The fraction of sp³-hybridized carbons (Fsp3) is 0.375. The van der Waals surface area contributed by atoms with Crippen LogP contribution < -0.4 is 5.32 Å². The Balaban J connectivity index is 1.98. The average Bonchev–Trinajstić information content (AvgIpc) is 3.08. The third-order valence-corrected chi connectivity index (χ3v) is 4.05. The van der Waals surface area contributed by atoms with Crippen LogP contribution >= 0.6 is 12.2 Å². The summed E-state index contributed by atoms with van der Waals surface area (Å²) in [5.41, 5.74) is 2.18. The van der Waals surface area contributed by atoms with Crippen LogP contribution in [0.4, 0.5) is 0 Å². The van der Waals surface area contributed by atoms with Gasteiger partial charge in [0.05, 0.1) is 17.8 Å². The van der Waals surface area contributed by atoms with Crippen LogP contribution in [0.25, 0.3) is 0 Å². The molecule has 21 heavy (non-hydrogen) atoms. The molecule has 110 valence electrons. The number of hydrogen-bond donors (Lipinski definition) is 2. The molecule has 1 aliphatic rings. The third kappa shape index (κ3) is 2.78. The molecule has 2 aromatic rings. The predicted octanol–water partition coefficient (Wildman–Crippen LogP) is 3.04. The van der Waals surface area contributed by atoms with E-state index in [0.717, 1.165) is 17.4 Å². The van der Waals surface area contributed by atoms with Gasteiger partial charge in [-0.15, -0.1) is 0 Å². The number of nitrogens with zero attached hydrogens (tertiary/aromatic N) is 2. The second-order valence-corrected chi connectivity index (χ2v) is 6.18. The van der Waals surface area contributed by atoms with Crippen LogP contribution in [0.5, 0.6) is 0 Å². The lowest BCUT2D eigenvalue weighted by Crippen LogP contribution is -2.33. The van der Waals surface area contributed by atoms with E-state index in [0.29, 0.717) is 5.92 Å². The molecule has 1 saturated heterocycles. The third-order valence-electron chi connectivity index (χ3n) is 3.70. The van der Waals surface area contributed by atoms with Crippen LogP contribution in [0.3, 0.4) is 0 Å². The van der Waals surface area contributed by atoms with E-state index in [9.17, 15) is 0 Å². The zero-order valence-corrected chi connectivity index (χ0v) is 13.1. The van der Waals surface area contributed by atoms with E-state index in [1.807, 2.05) is 30.6 Å². The van der Waals surface area contributed by atoms with Crippen LogP contribution in [-0.4, -0.2) is 26.5 Å². The predicted molar refractivity (Wildman–Crippen MR) is 87.8 cm³/mol. The van der Waals surface area contributed by atoms with Crippen molar-refractivity contribution in [3.8, 4) is 0 Å². The summed E-state index contributed by atoms with van der Waals surface area (Å²) in [5.74, 6) is 0.546.